The van der Waals surface area contributed by atoms with E-state index in [0.717, 1.165) is 0 Å². The Labute approximate surface area is 179 Å². The Morgan fingerprint density at radius 2 is 1.19 bits per heavy atom. The third-order valence-electron chi connectivity index (χ3n) is 4.03. The van der Waals surface area contributed by atoms with Crippen molar-refractivity contribution in [3.05, 3.63) is 103 Å². The molecule has 3 rings (SSSR count). The van der Waals surface area contributed by atoms with E-state index in [-0.39, 0.29) is 39.0 Å². The number of carbonyl (C=O) groups is 2. The Morgan fingerprint density at radius 3 is 1.61 bits per heavy atom. The number of allylic oxidation sites excluding steroid dienone is 4. The largest absolute Gasteiger partial charge is 0.277 e. The number of hydrogen-bond acceptors (Lipinski definition) is 6. The number of rotatable bonds is 4. The number of nitro benzene ring substituents is 2. The van der Waals surface area contributed by atoms with Crippen LogP contribution in [0.25, 0.3) is 0 Å². The normalized spacial score (nSPS) is 15.6. The van der Waals surface area contributed by atoms with Crippen LogP contribution in [0.1, 0.15) is 20.7 Å². The summed E-state index contributed by atoms with van der Waals surface area (Å²) in [4.78, 5) is 52.4. The van der Waals surface area contributed by atoms with Crippen molar-refractivity contribution >= 4 is 46.2 Å². The summed E-state index contributed by atoms with van der Waals surface area (Å²) in [5.41, 5.74) is 0.330. The van der Waals surface area contributed by atoms with Crippen molar-refractivity contribution in [3.63, 3.8) is 0 Å². The van der Waals surface area contributed by atoms with Gasteiger partial charge in [0.25, 0.3) is 23.2 Å². The van der Waals surface area contributed by atoms with Crippen LogP contribution in [0.3, 0.4) is 0 Å². The number of benzene rings is 2. The van der Waals surface area contributed by atoms with Gasteiger partial charge in [-0.3, -0.25) is 29.8 Å². The first-order valence-corrected chi connectivity index (χ1v) is 8.93. The summed E-state index contributed by atoms with van der Waals surface area (Å²) in [5.74, 6) is -1.28. The van der Waals surface area contributed by atoms with Crippen molar-refractivity contribution < 1.29 is 19.4 Å². The average Bonchev–Trinajstić information content (AvgIpc) is 2.75. The Morgan fingerprint density at radius 1 is 0.742 bits per heavy atom. The second-order valence-corrected chi connectivity index (χ2v) is 6.48. The van der Waals surface area contributed by atoms with E-state index in [2.05, 4.69) is 9.98 Å². The molecule has 2 amide bonds. The van der Waals surface area contributed by atoms with Crippen LogP contribution in [-0.4, -0.2) is 33.1 Å². The fraction of sp³-hybridized carbons (Fsp3) is 0. The molecule has 0 unspecified atom stereocenters. The van der Waals surface area contributed by atoms with Gasteiger partial charge in [-0.25, -0.2) is 9.98 Å². The van der Waals surface area contributed by atoms with Crippen molar-refractivity contribution in [2.75, 3.05) is 0 Å². The Balaban J connectivity index is 1.75. The van der Waals surface area contributed by atoms with E-state index >= 15 is 0 Å². The zero-order valence-corrected chi connectivity index (χ0v) is 16.2. The Bertz CT molecular complexity index is 1210. The van der Waals surface area contributed by atoms with Crippen LogP contribution in [-0.2, 0) is 0 Å². The van der Waals surface area contributed by atoms with Crippen LogP contribution in [0, 0.1) is 20.2 Å². The zero-order valence-electron chi connectivity index (χ0n) is 15.5. The predicted molar refractivity (Wildman–Crippen MR) is 113 cm³/mol. The van der Waals surface area contributed by atoms with Crippen LogP contribution in [0.2, 0.25) is 0 Å². The maximum atomic E-state index is 12.2. The first-order chi connectivity index (χ1) is 14.7. The fourth-order valence-corrected chi connectivity index (χ4v) is 2.68. The van der Waals surface area contributed by atoms with E-state index in [0.29, 0.717) is 0 Å². The van der Waals surface area contributed by atoms with E-state index in [9.17, 15) is 29.8 Å². The number of amides is 2. The highest BCUT2D eigenvalue weighted by atomic mass is 35.5. The molecule has 10 nitrogen and oxygen atoms in total. The van der Waals surface area contributed by atoms with Gasteiger partial charge in [0, 0.05) is 35.4 Å². The minimum atomic E-state index is -0.650. The van der Waals surface area contributed by atoms with Crippen LogP contribution < -0.4 is 0 Å². The number of nitro groups is 2. The molecular formula is C20H11ClN4O6. The molecule has 2 aromatic rings. The molecule has 2 aromatic carbocycles. The second-order valence-electron chi connectivity index (χ2n) is 6.08. The van der Waals surface area contributed by atoms with Crippen molar-refractivity contribution in [2.45, 2.75) is 0 Å². The predicted octanol–water partition coefficient (Wildman–Crippen LogP) is 4.06. The summed E-state index contributed by atoms with van der Waals surface area (Å²) < 4.78 is 0. The van der Waals surface area contributed by atoms with Gasteiger partial charge in [-0.15, -0.1) is 0 Å². The topological polar surface area (TPSA) is 145 Å². The van der Waals surface area contributed by atoms with E-state index in [1.807, 2.05) is 0 Å². The third-order valence-corrected chi connectivity index (χ3v) is 4.34. The minimum Gasteiger partial charge on any atom is -0.267 e. The van der Waals surface area contributed by atoms with Crippen molar-refractivity contribution in [2.24, 2.45) is 9.98 Å². The van der Waals surface area contributed by atoms with Gasteiger partial charge < -0.3 is 0 Å². The zero-order chi connectivity index (χ0) is 22.5. The lowest BCUT2D eigenvalue weighted by molar-refractivity contribution is -0.385. The fourth-order valence-electron chi connectivity index (χ4n) is 2.46. The number of halogens is 1. The highest BCUT2D eigenvalue weighted by Gasteiger charge is 2.15. The minimum absolute atomic E-state index is 0.0630. The molecule has 0 aliphatic heterocycles. The molecule has 0 aromatic heterocycles. The smallest absolute Gasteiger partial charge is 0.267 e. The Kier molecular flexibility index (Phi) is 6.22. The number of hydrogen-bond donors (Lipinski definition) is 0. The van der Waals surface area contributed by atoms with Gasteiger partial charge in [0.05, 0.1) is 26.3 Å². The van der Waals surface area contributed by atoms with Gasteiger partial charge in [-0.2, -0.15) is 0 Å². The summed E-state index contributed by atoms with van der Waals surface area (Å²) in [5, 5.41) is 21.4. The highest BCUT2D eigenvalue weighted by Crippen LogP contribution is 2.17. The quantitative estimate of drug-likeness (QED) is 0.399. The molecule has 0 bridgehead atoms. The molecule has 1 aliphatic rings. The van der Waals surface area contributed by atoms with Crippen LogP contribution in [0.15, 0.2) is 81.8 Å². The maximum absolute atomic E-state index is 12.2. The molecule has 0 atom stereocenters. The highest BCUT2D eigenvalue weighted by molar-refractivity contribution is 6.49. The molecule has 0 radical (unpaired) electrons. The molecule has 0 saturated heterocycles. The second kappa shape index (κ2) is 9.01. The van der Waals surface area contributed by atoms with Gasteiger partial charge in [-0.1, -0.05) is 11.6 Å². The molecular weight excluding hydrogens is 428 g/mol. The summed E-state index contributed by atoms with van der Waals surface area (Å²) in [6.07, 6.45) is 4.16. The number of non-ortho nitro benzene ring substituents is 2. The lowest BCUT2D eigenvalue weighted by Crippen LogP contribution is -2.09. The summed E-state index contributed by atoms with van der Waals surface area (Å²) in [7, 11) is 0. The standard InChI is InChI=1S/C20H11ClN4O6/c21-17-11-14(22-19(26)12-1-6-15(7-2-12)24(28)29)5-10-18(17)23-20(27)13-3-8-16(9-4-13)25(30)31/h1-11H. The summed E-state index contributed by atoms with van der Waals surface area (Å²) >= 11 is 6.13. The van der Waals surface area contributed by atoms with Gasteiger partial charge >= 0.3 is 0 Å². The van der Waals surface area contributed by atoms with Crippen molar-refractivity contribution in [1.82, 2.24) is 0 Å². The van der Waals surface area contributed by atoms with Crippen molar-refractivity contribution in [1.29, 1.82) is 0 Å². The van der Waals surface area contributed by atoms with E-state index < -0.39 is 21.7 Å². The van der Waals surface area contributed by atoms with Crippen molar-refractivity contribution in [3.8, 4) is 0 Å². The van der Waals surface area contributed by atoms with Crippen LogP contribution in [0.5, 0.6) is 0 Å². The first-order valence-electron chi connectivity index (χ1n) is 8.55. The van der Waals surface area contributed by atoms with Gasteiger partial charge in [0.1, 0.15) is 0 Å². The number of carbonyl (C=O) groups excluding carboxylic acids is 2. The van der Waals surface area contributed by atoms with Gasteiger partial charge in [0.2, 0.25) is 0 Å². The van der Waals surface area contributed by atoms with Crippen LogP contribution >= 0.6 is 11.6 Å². The number of aliphatic imine (C=N–C) groups is 2. The third kappa shape index (κ3) is 5.19. The molecule has 0 N–H and O–H groups in total. The Hall–Kier alpha value is -4.31. The van der Waals surface area contributed by atoms with Crippen LogP contribution in [0.4, 0.5) is 11.4 Å². The molecule has 0 heterocycles. The average molecular weight is 439 g/mol. The maximum Gasteiger partial charge on any atom is 0.277 e. The first kappa shape index (κ1) is 21.4. The van der Waals surface area contributed by atoms with Gasteiger partial charge in [-0.05, 0) is 42.5 Å². The van der Waals surface area contributed by atoms with E-state index in [1.54, 1.807) is 0 Å². The molecule has 1 aliphatic carbocycles. The van der Waals surface area contributed by atoms with Gasteiger partial charge in [0.15, 0.2) is 0 Å². The molecule has 0 fully saturated rings. The monoisotopic (exact) mass is 438 g/mol. The lowest BCUT2D eigenvalue weighted by atomic mass is 10.1. The lowest BCUT2D eigenvalue weighted by Gasteiger charge is -2.06. The molecule has 11 heteroatoms. The molecule has 31 heavy (non-hydrogen) atoms. The number of nitrogens with zero attached hydrogens (tertiary/aromatic N) is 4. The van der Waals surface area contributed by atoms with E-state index in [4.69, 9.17) is 11.6 Å². The van der Waals surface area contributed by atoms with E-state index in [1.165, 1.54) is 66.8 Å². The summed E-state index contributed by atoms with van der Waals surface area (Å²) in [6, 6.07) is 9.92. The molecule has 0 spiro atoms. The molecule has 154 valence electrons. The molecule has 0 saturated carbocycles. The summed E-state index contributed by atoms with van der Waals surface area (Å²) in [6.45, 7) is 0. The SMILES string of the molecule is O=C(N=C1C=CC(=NC(=O)c2ccc([N+](=O)[O-])cc2)C(Cl)=C1)c1ccc([N+](=O)[O-])cc1.